The van der Waals surface area contributed by atoms with Crippen molar-refractivity contribution in [2.45, 2.75) is 0 Å². The molecule has 0 aromatic carbocycles. The molecule has 0 atom stereocenters. The van der Waals surface area contributed by atoms with E-state index in [0.29, 0.717) is 0 Å². The molecule has 0 radical (unpaired) electrons. The van der Waals surface area contributed by atoms with E-state index >= 15 is 0 Å². The Bertz CT molecular complexity index is 56.9. The van der Waals surface area contributed by atoms with Gasteiger partial charge in [0, 0.05) is 0 Å². The number of hydrogen-bond donors (Lipinski definition) is 0. The number of hydrogen-bond acceptors (Lipinski definition) is 8. The molecule has 0 aromatic rings. The summed E-state index contributed by atoms with van der Waals surface area (Å²) in [6.07, 6.45) is 0. The van der Waals surface area contributed by atoms with Crippen LogP contribution in [-0.4, -0.2) is 27.4 Å². The van der Waals surface area contributed by atoms with E-state index in [9.17, 15) is 0 Å². The molecule has 16 heteroatoms. The Kier molecular flexibility index (Phi) is 71.5. The fourth-order valence-corrected chi connectivity index (χ4v) is 0. The molecule has 0 aliphatic heterocycles. The molecule has 0 unspecified atom stereocenters. The SMILES string of the molecule is O.O.O.O.O.[Ni+2].[O-][Cl+3]([O-])([O-])[O-].[O-][Cl+3]([O-])([O-])[O-]. The molecule has 0 bridgehead atoms. The van der Waals surface area contributed by atoms with E-state index < -0.39 is 20.5 Å². The Morgan fingerprint density at radius 3 is 0.375 bits per heavy atom. The first-order chi connectivity index (χ1) is 4.00. The van der Waals surface area contributed by atoms with Crippen molar-refractivity contribution in [3.63, 3.8) is 0 Å². The zero-order valence-electron chi connectivity index (χ0n) is 6.84. The van der Waals surface area contributed by atoms with Crippen LogP contribution < -0.4 is 37.3 Å². The van der Waals surface area contributed by atoms with Crippen LogP contribution >= 0.6 is 0 Å². The van der Waals surface area contributed by atoms with Crippen LogP contribution in [0.3, 0.4) is 0 Å². The van der Waals surface area contributed by atoms with Crippen molar-refractivity contribution in [2.24, 2.45) is 0 Å². The van der Waals surface area contributed by atoms with Crippen molar-refractivity contribution in [3.05, 3.63) is 0 Å². The van der Waals surface area contributed by atoms with Gasteiger partial charge in [0.2, 0.25) is 0 Å². The van der Waals surface area contributed by atoms with Crippen molar-refractivity contribution < 1.29 is 102 Å². The molecular formula is H10Cl2NiO13. The summed E-state index contributed by atoms with van der Waals surface area (Å²) in [4.78, 5) is 0. The molecule has 0 rings (SSSR count). The fourth-order valence-electron chi connectivity index (χ4n) is 0. The normalized spacial score (nSPS) is 7.50. The molecule has 0 aliphatic carbocycles. The summed E-state index contributed by atoms with van der Waals surface area (Å²) in [6.45, 7) is 0. The van der Waals surface area contributed by atoms with Crippen LogP contribution in [0.25, 0.3) is 0 Å². The van der Waals surface area contributed by atoms with Gasteiger partial charge in [-0.3, -0.25) is 0 Å². The van der Waals surface area contributed by atoms with Crippen LogP contribution in [-0.2, 0) is 16.5 Å². The third kappa shape index (κ3) is 8730. The monoisotopic (exact) mass is 346 g/mol. The van der Waals surface area contributed by atoms with Gasteiger partial charge in [0.25, 0.3) is 0 Å². The van der Waals surface area contributed by atoms with Crippen LogP contribution in [0.1, 0.15) is 0 Å². The summed E-state index contributed by atoms with van der Waals surface area (Å²) in [5, 5.41) is 0. The molecule has 16 heavy (non-hydrogen) atoms. The quantitative estimate of drug-likeness (QED) is 0.377. The van der Waals surface area contributed by atoms with Crippen LogP contribution in [0.2, 0.25) is 0 Å². The zero-order chi connectivity index (χ0) is 9.00. The van der Waals surface area contributed by atoms with E-state index in [-0.39, 0.29) is 43.9 Å². The van der Waals surface area contributed by atoms with Gasteiger partial charge in [-0.25, -0.2) is 37.3 Å². The van der Waals surface area contributed by atoms with Gasteiger partial charge in [-0.1, -0.05) is 0 Å². The Morgan fingerprint density at radius 1 is 0.375 bits per heavy atom. The maximum absolute atomic E-state index is 8.49. The Balaban J connectivity index is -0.00000000970. The molecule has 0 aliphatic rings. The summed E-state index contributed by atoms with van der Waals surface area (Å²) >= 11 is 0. The molecule has 0 heterocycles. The fraction of sp³-hybridized carbons (Fsp3) is 0. The summed E-state index contributed by atoms with van der Waals surface area (Å²) < 4.78 is 67.9. The van der Waals surface area contributed by atoms with Crippen molar-refractivity contribution in [2.75, 3.05) is 0 Å². The Hall–Kier alpha value is 0.554. The van der Waals surface area contributed by atoms with E-state index in [1.165, 1.54) is 0 Å². The van der Waals surface area contributed by atoms with Gasteiger partial charge in [-0.2, -0.15) is 0 Å². The smallest absolute Gasteiger partial charge is 0.412 e. The molecule has 0 amide bonds. The first-order valence-corrected chi connectivity index (χ1v) is 3.70. The van der Waals surface area contributed by atoms with E-state index in [1.54, 1.807) is 0 Å². The first-order valence-electron chi connectivity index (χ1n) is 1.23. The molecule has 13 nitrogen and oxygen atoms in total. The minimum absolute atomic E-state index is 0. The second-order valence-corrected chi connectivity index (χ2v) is 2.27. The van der Waals surface area contributed by atoms with Gasteiger partial charge in [-0.05, 0) is 0 Å². The van der Waals surface area contributed by atoms with Gasteiger partial charge in [-0.15, -0.1) is 20.5 Å². The first kappa shape index (κ1) is 54.7. The molecule has 0 saturated carbocycles. The molecule has 0 saturated heterocycles. The summed E-state index contributed by atoms with van der Waals surface area (Å²) in [7, 11) is -9.89. The number of halogens is 2. The maximum atomic E-state index is 8.49. The molecule has 0 aromatic heterocycles. The van der Waals surface area contributed by atoms with Crippen molar-refractivity contribution >= 4 is 0 Å². The standard InChI is InChI=1S/2ClHO4.Ni.5H2O/c2*2-1(3,4)5;;;;;;/h2*(H,2,3,4,5);;5*1H2/q;;+2;;;;;/p-2. The minimum Gasteiger partial charge on any atom is -0.412 e. The molecule has 0 fully saturated rings. The Morgan fingerprint density at radius 2 is 0.375 bits per heavy atom. The van der Waals surface area contributed by atoms with Gasteiger partial charge in [0.05, 0.1) is 0 Å². The van der Waals surface area contributed by atoms with Crippen molar-refractivity contribution in [3.8, 4) is 0 Å². The summed E-state index contributed by atoms with van der Waals surface area (Å²) in [5.74, 6) is 0. The maximum Gasteiger partial charge on any atom is 2.00 e. The topological polar surface area (TPSA) is 342 Å². The molecule has 10 N–H and O–H groups in total. The van der Waals surface area contributed by atoms with Crippen LogP contribution in [0.4, 0.5) is 0 Å². The van der Waals surface area contributed by atoms with Gasteiger partial charge >= 0.3 is 16.5 Å². The second-order valence-electron chi connectivity index (χ2n) is 0.756. The average molecular weight is 348 g/mol. The third-order valence-electron chi connectivity index (χ3n) is 0. The largest absolute Gasteiger partial charge is 2.00 e. The van der Waals surface area contributed by atoms with E-state index in [0.717, 1.165) is 0 Å². The van der Waals surface area contributed by atoms with Crippen LogP contribution in [0.15, 0.2) is 0 Å². The van der Waals surface area contributed by atoms with Crippen molar-refractivity contribution in [1.29, 1.82) is 0 Å². The third-order valence-corrected chi connectivity index (χ3v) is 0. The minimum atomic E-state index is -4.94. The van der Waals surface area contributed by atoms with E-state index in [4.69, 9.17) is 37.3 Å². The van der Waals surface area contributed by atoms with Gasteiger partial charge < -0.3 is 27.4 Å². The van der Waals surface area contributed by atoms with Gasteiger partial charge in [0.15, 0.2) is 0 Å². The van der Waals surface area contributed by atoms with Gasteiger partial charge in [0.1, 0.15) is 0 Å². The summed E-state index contributed by atoms with van der Waals surface area (Å²) in [5.41, 5.74) is 0. The van der Waals surface area contributed by atoms with Crippen LogP contribution in [0.5, 0.6) is 0 Å². The Labute approximate surface area is 102 Å². The predicted molar refractivity (Wildman–Crippen MR) is 18.1 cm³/mol. The molecular weight excluding hydrogens is 338 g/mol. The zero-order valence-corrected chi connectivity index (χ0v) is 9.34. The average Bonchev–Trinajstić information content (AvgIpc) is 1.12. The van der Waals surface area contributed by atoms with Crippen LogP contribution in [0, 0.1) is 20.5 Å². The molecule has 0 spiro atoms. The summed E-state index contributed by atoms with van der Waals surface area (Å²) in [6, 6.07) is 0. The molecule has 112 valence electrons. The van der Waals surface area contributed by atoms with Crippen molar-refractivity contribution in [1.82, 2.24) is 0 Å². The van der Waals surface area contributed by atoms with E-state index in [1.807, 2.05) is 0 Å². The second kappa shape index (κ2) is 20.9. The van der Waals surface area contributed by atoms with E-state index in [2.05, 4.69) is 0 Å². The number of rotatable bonds is 0. The predicted octanol–water partition coefficient (Wildman–Crippen LogP) is -13.6.